The third-order valence-electron chi connectivity index (χ3n) is 3.23. The first-order chi connectivity index (χ1) is 8.31. The maximum absolute atomic E-state index is 5.69. The Bertz CT molecular complexity index is 490. The number of aryl methyl sites for hydroxylation is 2. The van der Waals surface area contributed by atoms with E-state index in [0.29, 0.717) is 0 Å². The molecule has 1 aliphatic carbocycles. The van der Waals surface area contributed by atoms with Crippen LogP contribution in [-0.4, -0.2) is 4.98 Å². The van der Waals surface area contributed by atoms with Crippen molar-refractivity contribution in [2.24, 2.45) is 0 Å². The van der Waals surface area contributed by atoms with Crippen molar-refractivity contribution in [3.05, 3.63) is 45.4 Å². The molecule has 1 aromatic carbocycles. The van der Waals surface area contributed by atoms with Crippen LogP contribution >= 0.6 is 11.3 Å². The third-order valence-corrected chi connectivity index (χ3v) is 4.38. The third kappa shape index (κ3) is 2.34. The van der Waals surface area contributed by atoms with Crippen molar-refractivity contribution in [3.8, 4) is 0 Å². The zero-order valence-electron chi connectivity index (χ0n) is 9.78. The molecule has 0 radical (unpaired) electrons. The average Bonchev–Trinajstić information content (AvgIpc) is 2.74. The molecule has 3 heteroatoms. The molecule has 1 aromatic heterocycles. The molecular formula is C14H16N2S. The van der Waals surface area contributed by atoms with Crippen LogP contribution < -0.4 is 5.73 Å². The standard InChI is InChI=1S/C14H16N2S/c15-11-7-5-10(6-8-11)9-14-16-12-3-1-2-4-13(12)17-14/h5-8H,1-4,9,15H2. The molecule has 1 aliphatic rings. The molecule has 0 spiro atoms. The van der Waals surface area contributed by atoms with Crippen LogP contribution in [0.1, 0.15) is 34.0 Å². The van der Waals surface area contributed by atoms with Gasteiger partial charge in [-0.25, -0.2) is 4.98 Å². The maximum atomic E-state index is 5.69. The van der Waals surface area contributed by atoms with E-state index in [1.807, 2.05) is 23.5 Å². The zero-order chi connectivity index (χ0) is 11.7. The topological polar surface area (TPSA) is 38.9 Å². The lowest BCUT2D eigenvalue weighted by Crippen LogP contribution is -1.99. The lowest BCUT2D eigenvalue weighted by Gasteiger charge is -2.06. The second kappa shape index (κ2) is 4.49. The maximum Gasteiger partial charge on any atom is 0.0974 e. The van der Waals surface area contributed by atoms with E-state index in [4.69, 9.17) is 10.7 Å². The molecule has 0 amide bonds. The van der Waals surface area contributed by atoms with Crippen LogP contribution in [0.4, 0.5) is 5.69 Å². The molecule has 2 N–H and O–H groups in total. The number of aromatic nitrogens is 1. The Kier molecular flexibility index (Phi) is 2.85. The fraction of sp³-hybridized carbons (Fsp3) is 0.357. The molecule has 0 aliphatic heterocycles. The number of fused-ring (bicyclic) bond motifs is 1. The van der Waals surface area contributed by atoms with Crippen LogP contribution in [0.15, 0.2) is 24.3 Å². The highest BCUT2D eigenvalue weighted by molar-refractivity contribution is 7.11. The summed E-state index contributed by atoms with van der Waals surface area (Å²) in [7, 11) is 0. The minimum Gasteiger partial charge on any atom is -0.399 e. The van der Waals surface area contributed by atoms with Gasteiger partial charge in [0.05, 0.1) is 10.7 Å². The highest BCUT2D eigenvalue weighted by atomic mass is 32.1. The molecule has 2 aromatic rings. The van der Waals surface area contributed by atoms with Crippen molar-refractivity contribution >= 4 is 17.0 Å². The molecule has 0 saturated carbocycles. The van der Waals surface area contributed by atoms with Gasteiger partial charge < -0.3 is 5.73 Å². The molecule has 0 atom stereocenters. The summed E-state index contributed by atoms with van der Waals surface area (Å²) in [4.78, 5) is 6.27. The molecular weight excluding hydrogens is 228 g/mol. The molecule has 0 saturated heterocycles. The molecule has 0 fully saturated rings. The van der Waals surface area contributed by atoms with Gasteiger partial charge in [-0.2, -0.15) is 0 Å². The van der Waals surface area contributed by atoms with E-state index in [1.165, 1.54) is 46.8 Å². The van der Waals surface area contributed by atoms with Gasteiger partial charge in [-0.05, 0) is 43.4 Å². The minimum atomic E-state index is 0.826. The van der Waals surface area contributed by atoms with Crippen LogP contribution in [0.3, 0.4) is 0 Å². The Morgan fingerprint density at radius 1 is 1.12 bits per heavy atom. The smallest absolute Gasteiger partial charge is 0.0974 e. The number of thiazole rings is 1. The Hall–Kier alpha value is -1.35. The van der Waals surface area contributed by atoms with Gasteiger partial charge in [0.25, 0.3) is 0 Å². The molecule has 3 rings (SSSR count). The highest BCUT2D eigenvalue weighted by Gasteiger charge is 2.14. The van der Waals surface area contributed by atoms with Crippen LogP contribution in [0.25, 0.3) is 0 Å². The lowest BCUT2D eigenvalue weighted by molar-refractivity contribution is 0.681. The molecule has 88 valence electrons. The summed E-state index contributed by atoms with van der Waals surface area (Å²) in [6.45, 7) is 0. The van der Waals surface area contributed by atoms with Gasteiger partial charge in [0.2, 0.25) is 0 Å². The summed E-state index contributed by atoms with van der Waals surface area (Å²) in [5.74, 6) is 0. The predicted octanol–water partition coefficient (Wildman–Crippen LogP) is 3.19. The summed E-state index contributed by atoms with van der Waals surface area (Å²) in [6, 6.07) is 8.11. The molecule has 2 nitrogen and oxygen atoms in total. The molecule has 17 heavy (non-hydrogen) atoms. The summed E-state index contributed by atoms with van der Waals surface area (Å²) in [5, 5.41) is 1.25. The van der Waals surface area contributed by atoms with E-state index in [-0.39, 0.29) is 0 Å². The lowest BCUT2D eigenvalue weighted by atomic mass is 10.0. The highest BCUT2D eigenvalue weighted by Crippen LogP contribution is 2.27. The molecule has 0 bridgehead atoms. The van der Waals surface area contributed by atoms with Crippen molar-refractivity contribution in [1.82, 2.24) is 4.98 Å². The Morgan fingerprint density at radius 3 is 2.65 bits per heavy atom. The van der Waals surface area contributed by atoms with Crippen molar-refractivity contribution < 1.29 is 0 Å². The SMILES string of the molecule is Nc1ccc(Cc2nc3c(s2)CCCC3)cc1. The summed E-state index contributed by atoms with van der Waals surface area (Å²) >= 11 is 1.89. The minimum absolute atomic E-state index is 0.826. The monoisotopic (exact) mass is 244 g/mol. The first-order valence-electron chi connectivity index (χ1n) is 6.13. The predicted molar refractivity (Wildman–Crippen MR) is 72.4 cm³/mol. The van der Waals surface area contributed by atoms with Crippen molar-refractivity contribution in [2.45, 2.75) is 32.1 Å². The van der Waals surface area contributed by atoms with E-state index in [0.717, 1.165) is 12.1 Å². The first kappa shape index (κ1) is 10.8. The Balaban J connectivity index is 1.80. The number of nitrogen functional groups attached to an aromatic ring is 1. The van der Waals surface area contributed by atoms with E-state index in [2.05, 4.69) is 12.1 Å². The summed E-state index contributed by atoms with van der Waals surface area (Å²) in [6.07, 6.45) is 5.98. The fourth-order valence-corrected chi connectivity index (χ4v) is 3.48. The largest absolute Gasteiger partial charge is 0.399 e. The van der Waals surface area contributed by atoms with Gasteiger partial charge in [0.15, 0.2) is 0 Å². The van der Waals surface area contributed by atoms with Crippen LogP contribution in [0.2, 0.25) is 0 Å². The van der Waals surface area contributed by atoms with Gasteiger partial charge >= 0.3 is 0 Å². The van der Waals surface area contributed by atoms with Crippen molar-refractivity contribution in [3.63, 3.8) is 0 Å². The molecule has 1 heterocycles. The van der Waals surface area contributed by atoms with E-state index in [9.17, 15) is 0 Å². The summed E-state index contributed by atoms with van der Waals surface area (Å²) in [5.41, 5.74) is 9.16. The quantitative estimate of drug-likeness (QED) is 0.824. The number of hydrogen-bond acceptors (Lipinski definition) is 3. The van der Waals surface area contributed by atoms with E-state index >= 15 is 0 Å². The van der Waals surface area contributed by atoms with Crippen LogP contribution in [-0.2, 0) is 19.3 Å². The molecule has 0 unspecified atom stereocenters. The Labute approximate surface area is 106 Å². The Morgan fingerprint density at radius 2 is 1.88 bits per heavy atom. The number of rotatable bonds is 2. The second-order valence-corrected chi connectivity index (χ2v) is 5.77. The number of hydrogen-bond donors (Lipinski definition) is 1. The van der Waals surface area contributed by atoms with Gasteiger partial charge in [0.1, 0.15) is 0 Å². The number of anilines is 1. The average molecular weight is 244 g/mol. The second-order valence-electron chi connectivity index (χ2n) is 4.60. The van der Waals surface area contributed by atoms with Gasteiger partial charge in [0, 0.05) is 17.0 Å². The van der Waals surface area contributed by atoms with Crippen LogP contribution in [0.5, 0.6) is 0 Å². The van der Waals surface area contributed by atoms with Crippen LogP contribution in [0, 0.1) is 0 Å². The number of benzene rings is 1. The normalized spacial score (nSPS) is 14.6. The number of nitrogens with zero attached hydrogens (tertiary/aromatic N) is 1. The van der Waals surface area contributed by atoms with Crippen molar-refractivity contribution in [1.29, 1.82) is 0 Å². The van der Waals surface area contributed by atoms with Crippen molar-refractivity contribution in [2.75, 3.05) is 5.73 Å². The van der Waals surface area contributed by atoms with E-state index < -0.39 is 0 Å². The zero-order valence-corrected chi connectivity index (χ0v) is 10.6. The fourth-order valence-electron chi connectivity index (χ4n) is 2.29. The number of nitrogens with two attached hydrogens (primary N) is 1. The van der Waals surface area contributed by atoms with E-state index in [1.54, 1.807) is 0 Å². The van der Waals surface area contributed by atoms with Gasteiger partial charge in [-0.15, -0.1) is 11.3 Å². The first-order valence-corrected chi connectivity index (χ1v) is 6.95. The van der Waals surface area contributed by atoms with Gasteiger partial charge in [-0.1, -0.05) is 12.1 Å². The van der Waals surface area contributed by atoms with Gasteiger partial charge in [-0.3, -0.25) is 0 Å². The summed E-state index contributed by atoms with van der Waals surface area (Å²) < 4.78 is 0.